The number of nitrogens with two attached hydrogens (primary N) is 1. The van der Waals surface area contributed by atoms with E-state index in [1.54, 1.807) is 0 Å². The van der Waals surface area contributed by atoms with E-state index < -0.39 is 5.41 Å². The van der Waals surface area contributed by atoms with Gasteiger partial charge in [-0.2, -0.15) is 15.8 Å². The molecule has 2 aliphatic rings. The van der Waals surface area contributed by atoms with Crippen LogP contribution in [-0.4, -0.2) is 24.5 Å². The van der Waals surface area contributed by atoms with Gasteiger partial charge in [0, 0.05) is 24.9 Å². The van der Waals surface area contributed by atoms with Crippen LogP contribution in [0.3, 0.4) is 0 Å². The van der Waals surface area contributed by atoms with Gasteiger partial charge in [-0.3, -0.25) is 4.90 Å². The Balaban J connectivity index is 2.66. The monoisotopic (exact) mass is 309 g/mol. The Morgan fingerprint density at radius 3 is 2.48 bits per heavy atom. The average molecular weight is 309 g/mol. The number of hydrogen-bond donors (Lipinski definition) is 1. The lowest BCUT2D eigenvalue weighted by Crippen LogP contribution is -2.51. The molecule has 5 nitrogen and oxygen atoms in total. The zero-order valence-corrected chi connectivity index (χ0v) is 14.0. The van der Waals surface area contributed by atoms with E-state index in [0.717, 1.165) is 31.6 Å². The van der Waals surface area contributed by atoms with Crippen molar-refractivity contribution < 1.29 is 0 Å². The zero-order chi connectivity index (χ0) is 17.2. The fourth-order valence-corrected chi connectivity index (χ4v) is 4.14. The average Bonchev–Trinajstić information content (AvgIpc) is 2.54. The Kier molecular flexibility index (Phi) is 4.79. The Morgan fingerprint density at radius 2 is 2.00 bits per heavy atom. The van der Waals surface area contributed by atoms with E-state index in [-0.39, 0.29) is 23.5 Å². The highest BCUT2D eigenvalue weighted by atomic mass is 15.1. The topological polar surface area (TPSA) is 101 Å². The molecule has 0 radical (unpaired) electrons. The van der Waals surface area contributed by atoms with E-state index in [0.29, 0.717) is 5.57 Å². The standard InChI is InChI=1S/C18H23N5/c1-4-6-23-7-5-13-14(8-19)17(22)18(10-20,11-21)16(12(2)3)15(13)9-23/h5,12,15-16H,4,6-7,9,22H2,1-3H3/t15-,16-/m1/s1. The van der Waals surface area contributed by atoms with Gasteiger partial charge in [0.2, 0.25) is 0 Å². The van der Waals surface area contributed by atoms with Crippen molar-refractivity contribution in [1.82, 2.24) is 4.90 Å². The number of nitrogens with zero attached hydrogens (tertiary/aromatic N) is 4. The first-order chi connectivity index (χ1) is 11.0. The van der Waals surface area contributed by atoms with E-state index in [2.05, 4.69) is 36.1 Å². The maximum Gasteiger partial charge on any atom is 0.187 e. The smallest absolute Gasteiger partial charge is 0.187 e. The number of nitriles is 3. The normalized spacial score (nSPS) is 26.7. The van der Waals surface area contributed by atoms with Gasteiger partial charge in [0.1, 0.15) is 6.07 Å². The minimum absolute atomic E-state index is 0.00319. The maximum atomic E-state index is 9.77. The number of fused-ring (bicyclic) bond motifs is 1. The van der Waals surface area contributed by atoms with Gasteiger partial charge in [-0.15, -0.1) is 0 Å². The third-order valence-corrected chi connectivity index (χ3v) is 5.06. The highest BCUT2D eigenvalue weighted by Crippen LogP contribution is 2.51. The summed E-state index contributed by atoms with van der Waals surface area (Å²) in [5, 5.41) is 29.1. The van der Waals surface area contributed by atoms with Crippen molar-refractivity contribution in [3.05, 3.63) is 22.9 Å². The fourth-order valence-electron chi connectivity index (χ4n) is 4.14. The van der Waals surface area contributed by atoms with E-state index >= 15 is 0 Å². The zero-order valence-electron chi connectivity index (χ0n) is 14.0. The molecule has 1 heterocycles. The van der Waals surface area contributed by atoms with Gasteiger partial charge in [0.25, 0.3) is 0 Å². The molecule has 0 aromatic heterocycles. The van der Waals surface area contributed by atoms with Crippen LogP contribution in [0.1, 0.15) is 27.2 Å². The van der Waals surface area contributed by atoms with Crippen LogP contribution in [-0.2, 0) is 0 Å². The van der Waals surface area contributed by atoms with Crippen molar-refractivity contribution >= 4 is 0 Å². The summed E-state index contributed by atoms with van der Waals surface area (Å²) in [7, 11) is 0. The minimum atomic E-state index is -1.42. The lowest BCUT2D eigenvalue weighted by molar-refractivity contribution is 0.131. The summed E-state index contributed by atoms with van der Waals surface area (Å²) in [6.07, 6.45) is 3.11. The van der Waals surface area contributed by atoms with Crippen LogP contribution in [0.5, 0.6) is 0 Å². The summed E-state index contributed by atoms with van der Waals surface area (Å²) in [4.78, 5) is 2.32. The summed E-state index contributed by atoms with van der Waals surface area (Å²) in [5.41, 5.74) is 6.16. The molecule has 120 valence electrons. The molecule has 5 heteroatoms. The Bertz CT molecular complexity index is 651. The predicted octanol–water partition coefficient (Wildman–Crippen LogP) is 2.31. The van der Waals surface area contributed by atoms with Crippen LogP contribution in [0.15, 0.2) is 22.9 Å². The van der Waals surface area contributed by atoms with E-state index in [1.807, 2.05) is 13.8 Å². The van der Waals surface area contributed by atoms with Gasteiger partial charge in [-0.25, -0.2) is 0 Å². The molecular formula is C18H23N5. The molecule has 0 aromatic carbocycles. The molecule has 0 fully saturated rings. The van der Waals surface area contributed by atoms with Crippen molar-refractivity contribution in [2.24, 2.45) is 28.9 Å². The Labute approximate surface area is 138 Å². The molecule has 1 aliphatic heterocycles. The molecule has 0 amide bonds. The van der Waals surface area contributed by atoms with Crippen molar-refractivity contribution in [2.45, 2.75) is 27.2 Å². The Hall–Kier alpha value is -2.29. The lowest BCUT2D eigenvalue weighted by atomic mass is 9.57. The number of hydrogen-bond acceptors (Lipinski definition) is 5. The van der Waals surface area contributed by atoms with Gasteiger partial charge >= 0.3 is 0 Å². The molecular weight excluding hydrogens is 286 g/mol. The molecule has 2 N–H and O–H groups in total. The molecule has 0 saturated heterocycles. The van der Waals surface area contributed by atoms with Gasteiger partial charge < -0.3 is 5.73 Å². The minimum Gasteiger partial charge on any atom is -0.399 e. The largest absolute Gasteiger partial charge is 0.399 e. The van der Waals surface area contributed by atoms with Crippen LogP contribution in [0, 0.1) is 57.2 Å². The summed E-state index contributed by atoms with van der Waals surface area (Å²) < 4.78 is 0. The van der Waals surface area contributed by atoms with Crippen molar-refractivity contribution in [3.63, 3.8) is 0 Å². The molecule has 0 saturated carbocycles. The summed E-state index contributed by atoms with van der Waals surface area (Å²) in [5.74, 6) is -0.0971. The molecule has 0 bridgehead atoms. The first-order valence-electron chi connectivity index (χ1n) is 8.12. The van der Waals surface area contributed by atoms with E-state index in [4.69, 9.17) is 5.73 Å². The second-order valence-electron chi connectivity index (χ2n) is 6.73. The van der Waals surface area contributed by atoms with Crippen LogP contribution >= 0.6 is 0 Å². The molecule has 0 spiro atoms. The third-order valence-electron chi connectivity index (χ3n) is 5.06. The summed E-state index contributed by atoms with van der Waals surface area (Å²) in [6.45, 7) is 8.71. The predicted molar refractivity (Wildman–Crippen MR) is 87.1 cm³/mol. The number of rotatable bonds is 3. The van der Waals surface area contributed by atoms with Gasteiger partial charge in [-0.05, 0) is 24.5 Å². The first-order valence-corrected chi connectivity index (χ1v) is 8.12. The molecule has 0 aromatic rings. The van der Waals surface area contributed by atoms with Gasteiger partial charge in [0.05, 0.1) is 23.4 Å². The van der Waals surface area contributed by atoms with Gasteiger partial charge in [-0.1, -0.05) is 26.8 Å². The molecule has 23 heavy (non-hydrogen) atoms. The van der Waals surface area contributed by atoms with Crippen LogP contribution < -0.4 is 5.73 Å². The molecule has 2 atom stereocenters. The van der Waals surface area contributed by atoms with Crippen molar-refractivity contribution in [2.75, 3.05) is 19.6 Å². The van der Waals surface area contributed by atoms with Crippen molar-refractivity contribution in [1.29, 1.82) is 15.8 Å². The second-order valence-corrected chi connectivity index (χ2v) is 6.73. The van der Waals surface area contributed by atoms with Crippen LogP contribution in [0.4, 0.5) is 0 Å². The highest BCUT2D eigenvalue weighted by Gasteiger charge is 2.54. The summed E-state index contributed by atoms with van der Waals surface area (Å²) in [6, 6.07) is 6.45. The van der Waals surface area contributed by atoms with E-state index in [1.165, 1.54) is 0 Å². The van der Waals surface area contributed by atoms with Crippen LogP contribution in [0.2, 0.25) is 0 Å². The third kappa shape index (κ3) is 2.50. The highest BCUT2D eigenvalue weighted by molar-refractivity contribution is 5.56. The van der Waals surface area contributed by atoms with E-state index in [9.17, 15) is 15.8 Å². The molecule has 2 rings (SSSR count). The van der Waals surface area contributed by atoms with Crippen LogP contribution in [0.25, 0.3) is 0 Å². The first kappa shape index (κ1) is 17.1. The maximum absolute atomic E-state index is 9.77. The Morgan fingerprint density at radius 1 is 1.35 bits per heavy atom. The summed E-state index contributed by atoms with van der Waals surface area (Å²) >= 11 is 0. The van der Waals surface area contributed by atoms with Gasteiger partial charge in [0.15, 0.2) is 5.41 Å². The number of allylic oxidation sites excluding steroid dienone is 2. The quantitative estimate of drug-likeness (QED) is 0.862. The lowest BCUT2D eigenvalue weighted by Gasteiger charge is -2.47. The second kappa shape index (κ2) is 6.45. The molecule has 1 aliphatic carbocycles. The SMILES string of the molecule is CCCN1CC=C2C(C#N)=C(N)C(C#N)(C#N)[C@H](C(C)C)[C@@H]2C1. The fraction of sp³-hybridized carbons (Fsp3) is 0.611. The molecule has 0 unspecified atom stereocenters. The van der Waals surface area contributed by atoms with Crippen molar-refractivity contribution in [3.8, 4) is 18.2 Å².